The second-order valence-corrected chi connectivity index (χ2v) is 5.02. The number of ether oxygens (including phenoxy) is 1. The molecule has 0 atom stereocenters. The molecule has 0 heterocycles. The molecule has 0 amide bonds. The highest BCUT2D eigenvalue weighted by Crippen LogP contribution is 2.27. The number of nitro groups is 1. The van der Waals surface area contributed by atoms with Crippen LogP contribution in [-0.4, -0.2) is 4.92 Å². The van der Waals surface area contributed by atoms with Crippen molar-refractivity contribution in [2.75, 3.05) is 0 Å². The first kappa shape index (κ1) is 14.9. The maximum Gasteiger partial charge on any atom is 0.274 e. The maximum absolute atomic E-state index is 13.7. The van der Waals surface area contributed by atoms with Crippen LogP contribution in [0.2, 0.25) is 0 Å². The van der Waals surface area contributed by atoms with Gasteiger partial charge in [0.1, 0.15) is 18.2 Å². The van der Waals surface area contributed by atoms with Gasteiger partial charge >= 0.3 is 0 Å². The van der Waals surface area contributed by atoms with Crippen LogP contribution in [0.1, 0.15) is 11.1 Å². The first-order chi connectivity index (χ1) is 9.99. The van der Waals surface area contributed by atoms with E-state index in [1.807, 2.05) is 6.07 Å². The average Bonchev–Trinajstić information content (AvgIpc) is 2.45. The lowest BCUT2D eigenvalue weighted by atomic mass is 10.1. The molecule has 0 radical (unpaired) electrons. The molecule has 0 aliphatic rings. The van der Waals surface area contributed by atoms with E-state index in [1.165, 1.54) is 24.3 Å². The third-order valence-corrected chi connectivity index (χ3v) is 3.10. The molecule has 0 unspecified atom stereocenters. The van der Waals surface area contributed by atoms with Gasteiger partial charge in [0.15, 0.2) is 0 Å². The predicted molar refractivity (Wildman–Crippen MR) is 76.2 cm³/mol. The first-order valence-electron chi connectivity index (χ1n) is 5.76. The van der Waals surface area contributed by atoms with Crippen LogP contribution >= 0.6 is 15.9 Å². The summed E-state index contributed by atoms with van der Waals surface area (Å²) in [6, 6.07) is 10.0. The molecular formula is C14H8BrFN2O3. The molecule has 0 N–H and O–H groups in total. The van der Waals surface area contributed by atoms with Gasteiger partial charge in [-0.05, 0) is 18.2 Å². The van der Waals surface area contributed by atoms with Crippen LogP contribution in [0.3, 0.4) is 0 Å². The van der Waals surface area contributed by atoms with Gasteiger partial charge in [-0.1, -0.05) is 22.0 Å². The molecule has 7 heteroatoms. The van der Waals surface area contributed by atoms with Crippen LogP contribution in [0.5, 0.6) is 5.75 Å². The standard InChI is InChI=1S/C14H8BrFN2O3/c15-11-4-12(18(19)20)6-13(5-11)21-8-10-2-1-9(7-17)3-14(10)16/h1-6H,8H2. The third kappa shape index (κ3) is 3.77. The smallest absolute Gasteiger partial charge is 0.274 e. The van der Waals surface area contributed by atoms with E-state index in [0.29, 0.717) is 4.47 Å². The van der Waals surface area contributed by atoms with Crippen molar-refractivity contribution in [1.82, 2.24) is 0 Å². The molecule has 2 aromatic rings. The summed E-state index contributed by atoms with van der Waals surface area (Å²) in [6.45, 7) is -0.0921. The number of nitrogens with zero attached hydrogens (tertiary/aromatic N) is 2. The Morgan fingerprint density at radius 2 is 2.10 bits per heavy atom. The number of hydrogen-bond acceptors (Lipinski definition) is 4. The topological polar surface area (TPSA) is 76.2 Å². The van der Waals surface area contributed by atoms with E-state index in [1.54, 1.807) is 6.07 Å². The molecular weight excluding hydrogens is 343 g/mol. The van der Waals surface area contributed by atoms with Crippen molar-refractivity contribution in [1.29, 1.82) is 5.26 Å². The first-order valence-corrected chi connectivity index (χ1v) is 6.55. The molecule has 2 rings (SSSR count). The van der Waals surface area contributed by atoms with Gasteiger partial charge in [0.25, 0.3) is 5.69 Å². The highest BCUT2D eigenvalue weighted by Gasteiger charge is 2.10. The fraction of sp³-hybridized carbons (Fsp3) is 0.0714. The van der Waals surface area contributed by atoms with Crippen LogP contribution in [0.4, 0.5) is 10.1 Å². The van der Waals surface area contributed by atoms with Crippen molar-refractivity contribution >= 4 is 21.6 Å². The summed E-state index contributed by atoms with van der Waals surface area (Å²) >= 11 is 3.15. The molecule has 0 fully saturated rings. The van der Waals surface area contributed by atoms with E-state index in [0.717, 1.165) is 6.07 Å². The zero-order valence-corrected chi connectivity index (χ0v) is 12.1. The highest BCUT2D eigenvalue weighted by molar-refractivity contribution is 9.10. The predicted octanol–water partition coefficient (Wildman–Crippen LogP) is 3.95. The lowest BCUT2D eigenvalue weighted by Gasteiger charge is -2.08. The molecule has 106 valence electrons. The van der Waals surface area contributed by atoms with E-state index < -0.39 is 10.7 Å². The number of nitriles is 1. The summed E-state index contributed by atoms with van der Waals surface area (Å²) in [4.78, 5) is 10.2. The van der Waals surface area contributed by atoms with Crippen LogP contribution in [0.15, 0.2) is 40.9 Å². The SMILES string of the molecule is N#Cc1ccc(COc2cc(Br)cc([N+](=O)[O-])c2)c(F)c1. The van der Waals surface area contributed by atoms with Gasteiger partial charge in [-0.25, -0.2) is 4.39 Å². The van der Waals surface area contributed by atoms with Crippen molar-refractivity contribution in [3.8, 4) is 11.8 Å². The monoisotopic (exact) mass is 350 g/mol. The number of benzene rings is 2. The van der Waals surface area contributed by atoms with Crippen molar-refractivity contribution in [2.24, 2.45) is 0 Å². The second kappa shape index (κ2) is 6.33. The van der Waals surface area contributed by atoms with Gasteiger partial charge < -0.3 is 4.74 Å². The van der Waals surface area contributed by atoms with Gasteiger partial charge in [0.05, 0.1) is 22.6 Å². The van der Waals surface area contributed by atoms with Crippen molar-refractivity contribution in [3.05, 3.63) is 67.9 Å². The molecule has 5 nitrogen and oxygen atoms in total. The Morgan fingerprint density at radius 1 is 1.33 bits per heavy atom. The molecule has 0 aliphatic heterocycles. The highest BCUT2D eigenvalue weighted by atomic mass is 79.9. The minimum atomic E-state index is -0.557. The fourth-order valence-corrected chi connectivity index (χ4v) is 2.09. The summed E-state index contributed by atoms with van der Waals surface area (Å²) in [5.41, 5.74) is 0.352. The van der Waals surface area contributed by atoms with Crippen LogP contribution in [0, 0.1) is 27.3 Å². The van der Waals surface area contributed by atoms with Crippen LogP contribution in [0.25, 0.3) is 0 Å². The van der Waals surface area contributed by atoms with Gasteiger partial charge in [0.2, 0.25) is 0 Å². The van der Waals surface area contributed by atoms with Crippen LogP contribution < -0.4 is 4.74 Å². The minimum Gasteiger partial charge on any atom is -0.488 e. The normalized spacial score (nSPS) is 9.95. The van der Waals surface area contributed by atoms with Gasteiger partial charge in [0, 0.05) is 16.1 Å². The number of halogens is 2. The van der Waals surface area contributed by atoms with Gasteiger partial charge in [-0.3, -0.25) is 10.1 Å². The minimum absolute atomic E-state index is 0.0921. The lowest BCUT2D eigenvalue weighted by Crippen LogP contribution is -1.99. The number of hydrogen-bond donors (Lipinski definition) is 0. The maximum atomic E-state index is 13.7. The Hall–Kier alpha value is -2.46. The van der Waals surface area contributed by atoms with Crippen LogP contribution in [-0.2, 0) is 6.61 Å². The molecule has 0 saturated carbocycles. The second-order valence-electron chi connectivity index (χ2n) is 4.11. The fourth-order valence-electron chi connectivity index (χ4n) is 1.63. The van der Waals surface area contributed by atoms with Crippen molar-refractivity contribution < 1.29 is 14.1 Å². The Labute approximate surface area is 127 Å². The molecule has 0 saturated heterocycles. The van der Waals surface area contributed by atoms with E-state index in [-0.39, 0.29) is 29.2 Å². The van der Waals surface area contributed by atoms with E-state index in [4.69, 9.17) is 10.00 Å². The summed E-state index contributed by atoms with van der Waals surface area (Å²) < 4.78 is 19.5. The average molecular weight is 351 g/mol. The Kier molecular flexibility index (Phi) is 4.50. The van der Waals surface area contributed by atoms with E-state index in [9.17, 15) is 14.5 Å². The Bertz CT molecular complexity index is 743. The molecule has 0 bridgehead atoms. The molecule has 0 spiro atoms. The molecule has 21 heavy (non-hydrogen) atoms. The summed E-state index contributed by atoms with van der Waals surface area (Å²) in [5, 5.41) is 19.4. The number of rotatable bonds is 4. The zero-order valence-electron chi connectivity index (χ0n) is 10.5. The third-order valence-electron chi connectivity index (χ3n) is 2.64. The summed E-state index contributed by atoms with van der Waals surface area (Å²) in [6.07, 6.45) is 0. The van der Waals surface area contributed by atoms with E-state index >= 15 is 0 Å². The molecule has 0 aliphatic carbocycles. The zero-order chi connectivity index (χ0) is 15.4. The van der Waals surface area contributed by atoms with E-state index in [2.05, 4.69) is 15.9 Å². The van der Waals surface area contributed by atoms with Gasteiger partial charge in [-0.2, -0.15) is 5.26 Å². The number of non-ortho nitro benzene ring substituents is 1. The number of nitro benzene ring substituents is 1. The van der Waals surface area contributed by atoms with Crippen molar-refractivity contribution in [2.45, 2.75) is 6.61 Å². The lowest BCUT2D eigenvalue weighted by molar-refractivity contribution is -0.385. The summed E-state index contributed by atoms with van der Waals surface area (Å²) in [5.74, 6) is -0.307. The Balaban J connectivity index is 2.17. The van der Waals surface area contributed by atoms with Crippen molar-refractivity contribution in [3.63, 3.8) is 0 Å². The van der Waals surface area contributed by atoms with Gasteiger partial charge in [-0.15, -0.1) is 0 Å². The molecule has 2 aromatic carbocycles. The Morgan fingerprint density at radius 3 is 2.71 bits per heavy atom. The summed E-state index contributed by atoms with van der Waals surface area (Å²) in [7, 11) is 0. The largest absolute Gasteiger partial charge is 0.488 e. The molecule has 0 aromatic heterocycles. The quantitative estimate of drug-likeness (QED) is 0.617.